The normalized spacial score (nSPS) is 15.6. The lowest BCUT2D eigenvalue weighted by Crippen LogP contribution is -2.25. The molecule has 1 aliphatic heterocycles. The largest absolute Gasteiger partial charge is 0.322 e. The zero-order valence-corrected chi connectivity index (χ0v) is 15.9. The maximum atomic E-state index is 12.4. The summed E-state index contributed by atoms with van der Waals surface area (Å²) in [5.74, 6) is -0.410. The molecule has 0 atom stereocenters. The van der Waals surface area contributed by atoms with Crippen LogP contribution in [0.2, 0.25) is 5.02 Å². The van der Waals surface area contributed by atoms with Crippen molar-refractivity contribution in [3.63, 3.8) is 0 Å². The SMILES string of the molecule is Cc1cc(C(=O)Nc2ccc(Cl)c(N3CCCS3(=O)=O)c2)ccc1[N+](=O)[O-]. The van der Waals surface area contributed by atoms with Crippen LogP contribution in [0.1, 0.15) is 22.3 Å². The van der Waals surface area contributed by atoms with Gasteiger partial charge in [-0.2, -0.15) is 0 Å². The van der Waals surface area contributed by atoms with Crippen molar-refractivity contribution in [3.05, 3.63) is 62.7 Å². The highest BCUT2D eigenvalue weighted by Gasteiger charge is 2.30. The number of sulfonamides is 1. The molecule has 2 aromatic rings. The van der Waals surface area contributed by atoms with Gasteiger partial charge in [0.1, 0.15) is 0 Å². The van der Waals surface area contributed by atoms with E-state index >= 15 is 0 Å². The van der Waals surface area contributed by atoms with E-state index in [0.717, 1.165) is 0 Å². The molecule has 0 aliphatic carbocycles. The second kappa shape index (κ2) is 7.16. The molecule has 0 unspecified atom stereocenters. The Kier molecular flexibility index (Phi) is 5.07. The van der Waals surface area contributed by atoms with E-state index in [1.807, 2.05) is 0 Å². The molecule has 0 radical (unpaired) electrons. The van der Waals surface area contributed by atoms with Crippen LogP contribution in [0.4, 0.5) is 17.1 Å². The molecule has 1 aliphatic rings. The molecule has 8 nitrogen and oxygen atoms in total. The minimum atomic E-state index is -3.41. The molecule has 0 saturated carbocycles. The van der Waals surface area contributed by atoms with E-state index in [2.05, 4.69) is 5.32 Å². The molecule has 2 aromatic carbocycles. The second-order valence-electron chi connectivity index (χ2n) is 6.12. The number of amides is 1. The van der Waals surface area contributed by atoms with Crippen molar-refractivity contribution in [2.24, 2.45) is 0 Å². The van der Waals surface area contributed by atoms with Crippen LogP contribution in [0, 0.1) is 17.0 Å². The molecule has 27 heavy (non-hydrogen) atoms. The van der Waals surface area contributed by atoms with Crippen LogP contribution in [0.25, 0.3) is 0 Å². The Hall–Kier alpha value is -2.65. The molecule has 0 bridgehead atoms. The number of nitro benzene ring substituents is 1. The average Bonchev–Trinajstić information content (AvgIpc) is 2.95. The van der Waals surface area contributed by atoms with Gasteiger partial charge in [-0.05, 0) is 43.7 Å². The van der Waals surface area contributed by atoms with Crippen LogP contribution in [-0.2, 0) is 10.0 Å². The fraction of sp³-hybridized carbons (Fsp3) is 0.235. The summed E-state index contributed by atoms with van der Waals surface area (Å²) in [4.78, 5) is 22.8. The number of anilines is 2. The highest BCUT2D eigenvalue weighted by atomic mass is 35.5. The Labute approximate surface area is 160 Å². The van der Waals surface area contributed by atoms with Crippen LogP contribution in [-0.4, -0.2) is 31.5 Å². The zero-order chi connectivity index (χ0) is 19.8. The van der Waals surface area contributed by atoms with E-state index in [1.165, 1.54) is 34.6 Å². The number of aryl methyl sites for hydroxylation is 1. The van der Waals surface area contributed by atoms with Crippen LogP contribution >= 0.6 is 11.6 Å². The van der Waals surface area contributed by atoms with Gasteiger partial charge in [0.15, 0.2) is 0 Å². The number of nitrogens with zero attached hydrogens (tertiary/aromatic N) is 2. The van der Waals surface area contributed by atoms with Gasteiger partial charge in [0.25, 0.3) is 11.6 Å². The summed E-state index contributed by atoms with van der Waals surface area (Å²) in [6, 6.07) is 8.64. The van der Waals surface area contributed by atoms with Gasteiger partial charge < -0.3 is 5.32 Å². The van der Waals surface area contributed by atoms with Gasteiger partial charge >= 0.3 is 0 Å². The third kappa shape index (κ3) is 3.88. The van der Waals surface area contributed by atoms with Gasteiger partial charge in [-0.3, -0.25) is 19.2 Å². The fourth-order valence-electron chi connectivity index (χ4n) is 2.90. The lowest BCUT2D eigenvalue weighted by atomic mass is 10.1. The fourth-order valence-corrected chi connectivity index (χ4v) is 4.74. The van der Waals surface area contributed by atoms with Crippen molar-refractivity contribution >= 4 is 44.6 Å². The minimum absolute atomic E-state index is 0.0575. The first-order chi connectivity index (χ1) is 12.7. The summed E-state index contributed by atoms with van der Waals surface area (Å²) in [6.07, 6.45) is 0.511. The monoisotopic (exact) mass is 409 g/mol. The number of benzene rings is 2. The molecule has 1 saturated heterocycles. The first-order valence-corrected chi connectivity index (χ1v) is 10.0. The van der Waals surface area contributed by atoms with Gasteiger partial charge in [-0.25, -0.2) is 8.42 Å². The number of halogens is 1. The molecule has 1 fully saturated rings. The molecule has 1 heterocycles. The van der Waals surface area contributed by atoms with E-state index in [9.17, 15) is 23.3 Å². The topological polar surface area (TPSA) is 110 Å². The number of carbonyl (C=O) groups is 1. The molecule has 0 aromatic heterocycles. The first-order valence-electron chi connectivity index (χ1n) is 8.05. The molecular weight excluding hydrogens is 394 g/mol. The van der Waals surface area contributed by atoms with Gasteiger partial charge in [-0.15, -0.1) is 0 Å². The van der Waals surface area contributed by atoms with Crippen LogP contribution in [0.5, 0.6) is 0 Å². The van der Waals surface area contributed by atoms with E-state index < -0.39 is 20.9 Å². The summed E-state index contributed by atoms with van der Waals surface area (Å²) >= 11 is 6.14. The predicted molar refractivity (Wildman–Crippen MR) is 103 cm³/mol. The molecule has 0 spiro atoms. The maximum absolute atomic E-state index is 12.4. The van der Waals surface area contributed by atoms with Crippen LogP contribution in [0.15, 0.2) is 36.4 Å². The number of carbonyl (C=O) groups excluding carboxylic acids is 1. The Balaban J connectivity index is 1.86. The number of rotatable bonds is 4. The second-order valence-corrected chi connectivity index (χ2v) is 8.54. The smallest absolute Gasteiger partial charge is 0.272 e. The van der Waals surface area contributed by atoms with Crippen molar-refractivity contribution < 1.29 is 18.1 Å². The van der Waals surface area contributed by atoms with Gasteiger partial charge in [0, 0.05) is 29.4 Å². The molecule has 3 rings (SSSR count). The highest BCUT2D eigenvalue weighted by molar-refractivity contribution is 7.93. The van der Waals surface area contributed by atoms with Crippen molar-refractivity contribution in [3.8, 4) is 0 Å². The molecule has 10 heteroatoms. The summed E-state index contributed by atoms with van der Waals surface area (Å²) < 4.78 is 25.5. The molecule has 1 amide bonds. The number of nitrogens with one attached hydrogen (secondary N) is 1. The minimum Gasteiger partial charge on any atom is -0.322 e. The Bertz CT molecular complexity index is 1040. The predicted octanol–water partition coefficient (Wildman–Crippen LogP) is 3.35. The van der Waals surface area contributed by atoms with Gasteiger partial charge in [0.2, 0.25) is 10.0 Å². The lowest BCUT2D eigenvalue weighted by Gasteiger charge is -2.19. The standard InChI is InChI=1S/C17H16ClN3O5S/c1-11-9-12(3-6-15(11)21(23)24)17(22)19-13-4-5-14(18)16(10-13)20-7-2-8-27(20,25)26/h3-6,9-10H,2,7-8H2,1H3,(H,19,22). The summed E-state index contributed by atoms with van der Waals surface area (Å²) in [5.41, 5.74) is 1.24. The van der Waals surface area contributed by atoms with Crippen molar-refractivity contribution in [2.45, 2.75) is 13.3 Å². The summed E-state index contributed by atoms with van der Waals surface area (Å²) in [7, 11) is -3.41. The number of hydrogen-bond donors (Lipinski definition) is 1. The van der Waals surface area contributed by atoms with E-state index in [1.54, 1.807) is 13.0 Å². The molecule has 142 valence electrons. The van der Waals surface area contributed by atoms with E-state index in [-0.39, 0.29) is 22.0 Å². The average molecular weight is 410 g/mol. The van der Waals surface area contributed by atoms with Crippen LogP contribution < -0.4 is 9.62 Å². The Morgan fingerprint density at radius 3 is 2.59 bits per heavy atom. The van der Waals surface area contributed by atoms with Gasteiger partial charge in [0.05, 0.1) is 21.4 Å². The number of hydrogen-bond acceptors (Lipinski definition) is 5. The highest BCUT2D eigenvalue weighted by Crippen LogP contribution is 2.33. The maximum Gasteiger partial charge on any atom is 0.272 e. The zero-order valence-electron chi connectivity index (χ0n) is 14.3. The summed E-state index contributed by atoms with van der Waals surface area (Å²) in [6.45, 7) is 1.88. The van der Waals surface area contributed by atoms with Crippen LogP contribution in [0.3, 0.4) is 0 Å². The Morgan fingerprint density at radius 2 is 2.00 bits per heavy atom. The van der Waals surface area contributed by atoms with Crippen molar-refractivity contribution in [1.82, 2.24) is 0 Å². The van der Waals surface area contributed by atoms with Crippen molar-refractivity contribution in [1.29, 1.82) is 0 Å². The quantitative estimate of drug-likeness (QED) is 0.615. The van der Waals surface area contributed by atoms with E-state index in [4.69, 9.17) is 11.6 Å². The first kappa shape index (κ1) is 19.1. The third-order valence-electron chi connectivity index (χ3n) is 4.23. The van der Waals surface area contributed by atoms with Gasteiger partial charge in [-0.1, -0.05) is 11.6 Å². The molecular formula is C17H16ClN3O5S. The lowest BCUT2D eigenvalue weighted by molar-refractivity contribution is -0.385. The Morgan fingerprint density at radius 1 is 1.26 bits per heavy atom. The summed E-state index contributed by atoms with van der Waals surface area (Å²) in [5, 5.41) is 13.8. The van der Waals surface area contributed by atoms with E-state index in [0.29, 0.717) is 29.9 Å². The number of nitro groups is 1. The van der Waals surface area contributed by atoms with Crippen molar-refractivity contribution in [2.75, 3.05) is 21.9 Å². The third-order valence-corrected chi connectivity index (χ3v) is 6.40. The molecule has 1 N–H and O–H groups in total.